The number of fused-ring (bicyclic) bond motifs is 7. The smallest absolute Gasteiger partial charge is 0.00988 e. The molecule has 0 heteroatoms. The summed E-state index contributed by atoms with van der Waals surface area (Å²) in [6.07, 6.45) is 0. The van der Waals surface area contributed by atoms with Gasteiger partial charge in [0.15, 0.2) is 0 Å². The highest BCUT2D eigenvalue weighted by Gasteiger charge is 2.06. The predicted octanol–water partition coefficient (Wildman–Crippen LogP) is 7.45. The van der Waals surface area contributed by atoms with Crippen molar-refractivity contribution in [2.24, 2.45) is 0 Å². The van der Waals surface area contributed by atoms with E-state index < -0.39 is 0 Å². The van der Waals surface area contributed by atoms with Crippen molar-refractivity contribution in [1.82, 2.24) is 0 Å². The number of benzene rings is 6. The van der Waals surface area contributed by atoms with Gasteiger partial charge in [-0.05, 0) is 78.1 Å². The van der Waals surface area contributed by atoms with Gasteiger partial charge in [-0.1, -0.05) is 72.8 Å². The fourth-order valence-electron chi connectivity index (χ4n) is 4.25. The van der Waals surface area contributed by atoms with Gasteiger partial charge in [0, 0.05) is 0 Å². The van der Waals surface area contributed by atoms with E-state index in [2.05, 4.69) is 97.1 Å². The summed E-state index contributed by atoms with van der Waals surface area (Å²) in [7, 11) is 0. The van der Waals surface area contributed by atoms with Gasteiger partial charge < -0.3 is 0 Å². The quantitative estimate of drug-likeness (QED) is 0.200. The van der Waals surface area contributed by atoms with Crippen molar-refractivity contribution in [3.05, 3.63) is 97.1 Å². The lowest BCUT2D eigenvalue weighted by Crippen LogP contribution is -1.82. The summed E-state index contributed by atoms with van der Waals surface area (Å²) in [6, 6.07) is 35.6. The zero-order chi connectivity index (χ0) is 17.1. The molecule has 0 aliphatic rings. The molecule has 0 aromatic heterocycles. The van der Waals surface area contributed by atoms with E-state index in [1.54, 1.807) is 0 Å². The molecule has 0 radical (unpaired) electrons. The van der Waals surface area contributed by atoms with E-state index in [9.17, 15) is 0 Å². The molecule has 0 bridgehead atoms. The topological polar surface area (TPSA) is 0 Å². The molecule has 120 valence electrons. The van der Waals surface area contributed by atoms with Crippen molar-refractivity contribution in [3.63, 3.8) is 0 Å². The molecule has 6 rings (SSSR count). The van der Waals surface area contributed by atoms with Gasteiger partial charge in [-0.25, -0.2) is 0 Å². The van der Waals surface area contributed by atoms with E-state index in [1.807, 2.05) is 0 Å². The molecular formula is C26H16. The van der Waals surface area contributed by atoms with Gasteiger partial charge >= 0.3 is 0 Å². The van der Waals surface area contributed by atoms with Gasteiger partial charge in [0.2, 0.25) is 0 Å². The van der Waals surface area contributed by atoms with Crippen LogP contribution in [0.5, 0.6) is 0 Å². The van der Waals surface area contributed by atoms with Crippen molar-refractivity contribution in [2.75, 3.05) is 0 Å². The SMILES string of the molecule is c1ccc2cc3c(ccc4cc5c(ccc6ccccc65)cc43)cc2c1. The Morgan fingerprint density at radius 2 is 0.692 bits per heavy atom. The summed E-state index contributed by atoms with van der Waals surface area (Å²) in [5.41, 5.74) is 0. The Bertz CT molecular complexity index is 1470. The number of rotatable bonds is 0. The van der Waals surface area contributed by atoms with Crippen molar-refractivity contribution in [2.45, 2.75) is 0 Å². The largest absolute Gasteiger partial charge is 0.0616 e. The average Bonchev–Trinajstić information content (AvgIpc) is 2.71. The van der Waals surface area contributed by atoms with E-state index in [0.717, 1.165) is 0 Å². The summed E-state index contributed by atoms with van der Waals surface area (Å²) in [5.74, 6) is 0. The first-order valence-electron chi connectivity index (χ1n) is 9.04. The third-order valence-electron chi connectivity index (χ3n) is 5.57. The molecule has 0 amide bonds. The van der Waals surface area contributed by atoms with Crippen LogP contribution in [0.3, 0.4) is 0 Å². The Labute approximate surface area is 151 Å². The Hall–Kier alpha value is -3.38. The van der Waals surface area contributed by atoms with Crippen LogP contribution in [0.25, 0.3) is 53.9 Å². The summed E-state index contributed by atoms with van der Waals surface area (Å²) < 4.78 is 0. The predicted molar refractivity (Wildman–Crippen MR) is 114 cm³/mol. The Morgan fingerprint density at radius 1 is 0.269 bits per heavy atom. The molecule has 26 heavy (non-hydrogen) atoms. The maximum absolute atomic E-state index is 2.36. The molecule has 0 saturated heterocycles. The van der Waals surface area contributed by atoms with E-state index in [-0.39, 0.29) is 0 Å². The lowest BCUT2D eigenvalue weighted by Gasteiger charge is -2.10. The summed E-state index contributed by atoms with van der Waals surface area (Å²) in [5, 5.41) is 13.1. The minimum Gasteiger partial charge on any atom is -0.0616 e. The van der Waals surface area contributed by atoms with Crippen LogP contribution in [-0.2, 0) is 0 Å². The Kier molecular flexibility index (Phi) is 2.70. The lowest BCUT2D eigenvalue weighted by molar-refractivity contribution is 1.78. The molecule has 0 atom stereocenters. The first-order chi connectivity index (χ1) is 12.9. The lowest BCUT2D eigenvalue weighted by atomic mass is 9.94. The van der Waals surface area contributed by atoms with Crippen LogP contribution in [0.4, 0.5) is 0 Å². The molecule has 6 aromatic rings. The molecule has 0 aliphatic carbocycles. The first-order valence-corrected chi connectivity index (χ1v) is 9.04. The van der Waals surface area contributed by atoms with Crippen LogP contribution < -0.4 is 0 Å². The van der Waals surface area contributed by atoms with Gasteiger partial charge in [-0.3, -0.25) is 0 Å². The van der Waals surface area contributed by atoms with Crippen molar-refractivity contribution in [3.8, 4) is 0 Å². The Morgan fingerprint density at radius 3 is 1.38 bits per heavy atom. The standard InChI is InChI=1S/C26H16/c1-2-7-19-14-25-20(13-18(19)6-1)11-12-22-15-24-21(16-26(22)25)10-9-17-5-3-4-8-23(17)24/h1-16H. The first kappa shape index (κ1) is 13.9. The van der Waals surface area contributed by atoms with E-state index in [1.165, 1.54) is 53.9 Å². The minimum atomic E-state index is 1.30. The second kappa shape index (κ2) is 5.06. The van der Waals surface area contributed by atoms with E-state index in [4.69, 9.17) is 0 Å². The summed E-state index contributed by atoms with van der Waals surface area (Å²) >= 11 is 0. The number of hydrogen-bond donors (Lipinski definition) is 0. The molecule has 6 aromatic carbocycles. The highest BCUT2D eigenvalue weighted by atomic mass is 14.1. The minimum absolute atomic E-state index is 1.30. The second-order valence-corrected chi connectivity index (χ2v) is 7.07. The zero-order valence-corrected chi connectivity index (χ0v) is 14.2. The molecule has 0 spiro atoms. The zero-order valence-electron chi connectivity index (χ0n) is 14.2. The fourth-order valence-corrected chi connectivity index (χ4v) is 4.25. The van der Waals surface area contributed by atoms with Crippen LogP contribution >= 0.6 is 0 Å². The third kappa shape index (κ3) is 1.90. The van der Waals surface area contributed by atoms with Crippen molar-refractivity contribution < 1.29 is 0 Å². The van der Waals surface area contributed by atoms with Crippen LogP contribution in [-0.4, -0.2) is 0 Å². The molecule has 0 N–H and O–H groups in total. The summed E-state index contributed by atoms with van der Waals surface area (Å²) in [6.45, 7) is 0. The molecule has 0 saturated carbocycles. The highest BCUT2D eigenvalue weighted by molar-refractivity contribution is 6.18. The molecule has 0 heterocycles. The maximum Gasteiger partial charge on any atom is -0.00988 e. The fraction of sp³-hybridized carbons (Fsp3) is 0. The van der Waals surface area contributed by atoms with Gasteiger partial charge in [0.1, 0.15) is 0 Å². The molecular weight excluding hydrogens is 312 g/mol. The highest BCUT2D eigenvalue weighted by Crippen LogP contribution is 2.34. The van der Waals surface area contributed by atoms with Crippen molar-refractivity contribution in [1.29, 1.82) is 0 Å². The van der Waals surface area contributed by atoms with Gasteiger partial charge in [-0.2, -0.15) is 0 Å². The number of hydrogen-bond acceptors (Lipinski definition) is 0. The van der Waals surface area contributed by atoms with Crippen LogP contribution in [0, 0.1) is 0 Å². The maximum atomic E-state index is 2.36. The third-order valence-corrected chi connectivity index (χ3v) is 5.57. The van der Waals surface area contributed by atoms with Crippen LogP contribution in [0.15, 0.2) is 97.1 Å². The van der Waals surface area contributed by atoms with Crippen molar-refractivity contribution >= 4 is 53.9 Å². The van der Waals surface area contributed by atoms with Gasteiger partial charge in [-0.15, -0.1) is 0 Å². The average molecular weight is 328 g/mol. The van der Waals surface area contributed by atoms with E-state index in [0.29, 0.717) is 0 Å². The van der Waals surface area contributed by atoms with Crippen LogP contribution in [0.1, 0.15) is 0 Å². The molecule has 0 fully saturated rings. The molecule has 0 nitrogen and oxygen atoms in total. The molecule has 0 aliphatic heterocycles. The van der Waals surface area contributed by atoms with Gasteiger partial charge in [0.25, 0.3) is 0 Å². The normalized spacial score (nSPS) is 11.8. The van der Waals surface area contributed by atoms with Gasteiger partial charge in [0.05, 0.1) is 0 Å². The van der Waals surface area contributed by atoms with Crippen LogP contribution in [0.2, 0.25) is 0 Å². The van der Waals surface area contributed by atoms with E-state index >= 15 is 0 Å². The monoisotopic (exact) mass is 328 g/mol. The second-order valence-electron chi connectivity index (χ2n) is 7.07. The Balaban J connectivity index is 1.80. The summed E-state index contributed by atoms with van der Waals surface area (Å²) in [4.78, 5) is 0. The molecule has 0 unspecified atom stereocenters.